The first kappa shape index (κ1) is 12.4. The number of rotatable bonds is 2. The Morgan fingerprint density at radius 2 is 1.47 bits per heavy atom. The Morgan fingerprint density at radius 3 is 2.05 bits per heavy atom. The van der Waals surface area contributed by atoms with Gasteiger partial charge in [-0.2, -0.15) is 10.5 Å². The van der Waals surface area contributed by atoms with Crippen LogP contribution in [0.15, 0.2) is 42.5 Å². The summed E-state index contributed by atoms with van der Waals surface area (Å²) in [5.41, 5.74) is 2.61. The number of aromatic hydroxyl groups is 1. The summed E-state index contributed by atoms with van der Waals surface area (Å²) < 4.78 is 0. The smallest absolute Gasteiger partial charge is 0.124 e. The standard InChI is InChI=1S/C16H10N2O/c17-10-13-3-1-12(2-4-13)5-7-15-8-6-14(11-18)9-16(15)19/h1-9,19H/b7-5+. The summed E-state index contributed by atoms with van der Waals surface area (Å²) in [6.45, 7) is 0. The molecule has 3 nitrogen and oxygen atoms in total. The predicted octanol–water partition coefficient (Wildman–Crippen LogP) is 3.31. The van der Waals surface area contributed by atoms with Gasteiger partial charge >= 0.3 is 0 Å². The molecule has 2 rings (SSSR count). The lowest BCUT2D eigenvalue weighted by Gasteiger charge is -1.99. The fourth-order valence-corrected chi connectivity index (χ4v) is 1.61. The monoisotopic (exact) mass is 246 g/mol. The van der Waals surface area contributed by atoms with Crippen molar-refractivity contribution in [2.45, 2.75) is 0 Å². The summed E-state index contributed by atoms with van der Waals surface area (Å²) in [6.07, 6.45) is 3.60. The van der Waals surface area contributed by atoms with Crippen molar-refractivity contribution in [1.29, 1.82) is 10.5 Å². The maximum Gasteiger partial charge on any atom is 0.124 e. The van der Waals surface area contributed by atoms with Gasteiger partial charge < -0.3 is 5.11 Å². The van der Waals surface area contributed by atoms with Gasteiger partial charge in [-0.15, -0.1) is 0 Å². The number of hydrogen-bond donors (Lipinski definition) is 1. The number of phenols is 1. The molecule has 0 heterocycles. The minimum atomic E-state index is 0.0731. The van der Waals surface area contributed by atoms with Gasteiger partial charge in [-0.25, -0.2) is 0 Å². The first-order chi connectivity index (χ1) is 9.22. The van der Waals surface area contributed by atoms with Crippen LogP contribution in [0.4, 0.5) is 0 Å². The Morgan fingerprint density at radius 1 is 0.842 bits per heavy atom. The van der Waals surface area contributed by atoms with Crippen LogP contribution >= 0.6 is 0 Å². The van der Waals surface area contributed by atoms with Crippen molar-refractivity contribution < 1.29 is 5.11 Å². The summed E-state index contributed by atoms with van der Waals surface area (Å²) in [5.74, 6) is 0.0731. The molecule has 0 radical (unpaired) electrons. The van der Waals surface area contributed by atoms with Crippen LogP contribution in [0.25, 0.3) is 12.2 Å². The largest absolute Gasteiger partial charge is 0.507 e. The topological polar surface area (TPSA) is 67.8 Å². The normalized spacial score (nSPS) is 10.0. The molecule has 0 saturated heterocycles. The molecule has 0 spiro atoms. The Balaban J connectivity index is 2.23. The van der Waals surface area contributed by atoms with E-state index in [1.54, 1.807) is 30.3 Å². The minimum Gasteiger partial charge on any atom is -0.507 e. The second-order valence-electron chi connectivity index (χ2n) is 3.95. The van der Waals surface area contributed by atoms with Gasteiger partial charge in [0.1, 0.15) is 5.75 Å². The van der Waals surface area contributed by atoms with Crippen LogP contribution in [0.3, 0.4) is 0 Å². The van der Waals surface area contributed by atoms with Gasteiger partial charge in [0, 0.05) is 5.56 Å². The van der Waals surface area contributed by atoms with E-state index in [-0.39, 0.29) is 5.75 Å². The zero-order valence-corrected chi connectivity index (χ0v) is 10.0. The summed E-state index contributed by atoms with van der Waals surface area (Å²) in [5, 5.41) is 27.1. The van der Waals surface area contributed by atoms with Crippen molar-refractivity contribution in [3.8, 4) is 17.9 Å². The van der Waals surface area contributed by atoms with E-state index >= 15 is 0 Å². The highest BCUT2D eigenvalue weighted by molar-refractivity contribution is 5.73. The molecule has 0 aliphatic rings. The zero-order chi connectivity index (χ0) is 13.7. The van der Waals surface area contributed by atoms with Crippen LogP contribution in [0.2, 0.25) is 0 Å². The number of nitriles is 2. The lowest BCUT2D eigenvalue weighted by Crippen LogP contribution is -1.79. The zero-order valence-electron chi connectivity index (χ0n) is 10.0. The molecular weight excluding hydrogens is 236 g/mol. The van der Waals surface area contributed by atoms with Crippen LogP contribution in [0.5, 0.6) is 5.75 Å². The lowest BCUT2D eigenvalue weighted by atomic mass is 10.1. The SMILES string of the molecule is N#Cc1ccc(/C=C/c2ccc(C#N)cc2O)cc1. The third kappa shape index (κ3) is 3.00. The first-order valence-corrected chi connectivity index (χ1v) is 5.64. The second-order valence-corrected chi connectivity index (χ2v) is 3.95. The van der Waals surface area contributed by atoms with Crippen LogP contribution in [-0.2, 0) is 0 Å². The Bertz CT molecular complexity index is 701. The van der Waals surface area contributed by atoms with Crippen LogP contribution < -0.4 is 0 Å². The van der Waals surface area contributed by atoms with Gasteiger partial charge in [0.15, 0.2) is 0 Å². The van der Waals surface area contributed by atoms with Gasteiger partial charge in [-0.05, 0) is 35.9 Å². The van der Waals surface area contributed by atoms with Gasteiger partial charge in [-0.3, -0.25) is 0 Å². The predicted molar refractivity (Wildman–Crippen MR) is 72.9 cm³/mol. The molecule has 0 aliphatic heterocycles. The Labute approximate surface area is 111 Å². The minimum absolute atomic E-state index is 0.0731. The van der Waals surface area contributed by atoms with E-state index in [1.807, 2.05) is 24.3 Å². The van der Waals surface area contributed by atoms with Crippen molar-refractivity contribution >= 4 is 12.2 Å². The number of hydrogen-bond acceptors (Lipinski definition) is 3. The van der Waals surface area contributed by atoms with Crippen molar-refractivity contribution in [3.63, 3.8) is 0 Å². The molecule has 2 aromatic rings. The lowest BCUT2D eigenvalue weighted by molar-refractivity contribution is 0.474. The molecule has 0 aromatic heterocycles. The van der Waals surface area contributed by atoms with Gasteiger partial charge in [0.2, 0.25) is 0 Å². The number of nitrogens with zero attached hydrogens (tertiary/aromatic N) is 2. The maximum atomic E-state index is 9.74. The van der Waals surface area contributed by atoms with Gasteiger partial charge in [0.05, 0.1) is 23.3 Å². The van der Waals surface area contributed by atoms with E-state index in [4.69, 9.17) is 10.5 Å². The molecule has 0 atom stereocenters. The first-order valence-electron chi connectivity index (χ1n) is 5.64. The molecule has 0 bridgehead atoms. The number of phenolic OH excluding ortho intramolecular Hbond substituents is 1. The van der Waals surface area contributed by atoms with E-state index in [2.05, 4.69) is 6.07 Å². The third-order valence-electron chi connectivity index (χ3n) is 2.65. The van der Waals surface area contributed by atoms with E-state index in [0.717, 1.165) is 5.56 Å². The fourth-order valence-electron chi connectivity index (χ4n) is 1.61. The number of benzene rings is 2. The van der Waals surface area contributed by atoms with Crippen LogP contribution in [0.1, 0.15) is 22.3 Å². The summed E-state index contributed by atoms with van der Waals surface area (Å²) in [7, 11) is 0. The van der Waals surface area contributed by atoms with Crippen LogP contribution in [0, 0.1) is 22.7 Å². The molecule has 19 heavy (non-hydrogen) atoms. The summed E-state index contributed by atoms with van der Waals surface area (Å²) >= 11 is 0. The third-order valence-corrected chi connectivity index (χ3v) is 2.65. The average Bonchev–Trinajstić information content (AvgIpc) is 2.46. The highest BCUT2D eigenvalue weighted by Gasteiger charge is 1.99. The van der Waals surface area contributed by atoms with E-state index < -0.39 is 0 Å². The van der Waals surface area contributed by atoms with Crippen molar-refractivity contribution in [1.82, 2.24) is 0 Å². The molecule has 1 N–H and O–H groups in total. The summed E-state index contributed by atoms with van der Waals surface area (Å²) in [4.78, 5) is 0. The maximum absolute atomic E-state index is 9.74. The molecule has 0 fully saturated rings. The molecule has 90 valence electrons. The Kier molecular flexibility index (Phi) is 3.61. The molecule has 0 amide bonds. The molecule has 0 saturated carbocycles. The molecule has 2 aromatic carbocycles. The van der Waals surface area contributed by atoms with E-state index in [1.165, 1.54) is 6.07 Å². The Hall–Kier alpha value is -3.04. The molecule has 3 heteroatoms. The van der Waals surface area contributed by atoms with E-state index in [0.29, 0.717) is 16.7 Å². The molecule has 0 aliphatic carbocycles. The second kappa shape index (κ2) is 5.53. The average molecular weight is 246 g/mol. The van der Waals surface area contributed by atoms with Crippen molar-refractivity contribution in [2.24, 2.45) is 0 Å². The summed E-state index contributed by atoms with van der Waals surface area (Å²) in [6, 6.07) is 15.9. The molecular formula is C16H10N2O. The van der Waals surface area contributed by atoms with Crippen molar-refractivity contribution in [2.75, 3.05) is 0 Å². The highest BCUT2D eigenvalue weighted by atomic mass is 16.3. The van der Waals surface area contributed by atoms with Gasteiger partial charge in [0.25, 0.3) is 0 Å². The van der Waals surface area contributed by atoms with Crippen molar-refractivity contribution in [3.05, 3.63) is 64.7 Å². The molecule has 0 unspecified atom stereocenters. The fraction of sp³-hybridized carbons (Fsp3) is 0. The van der Waals surface area contributed by atoms with Crippen LogP contribution in [-0.4, -0.2) is 5.11 Å². The quantitative estimate of drug-likeness (QED) is 0.826. The van der Waals surface area contributed by atoms with Gasteiger partial charge in [-0.1, -0.05) is 24.3 Å². The van der Waals surface area contributed by atoms with E-state index in [9.17, 15) is 5.11 Å². The highest BCUT2D eigenvalue weighted by Crippen LogP contribution is 2.21.